The summed E-state index contributed by atoms with van der Waals surface area (Å²) in [4.78, 5) is 10.8. The molecule has 1 aromatic carbocycles. The summed E-state index contributed by atoms with van der Waals surface area (Å²) < 4.78 is 14.9. The third-order valence-electron chi connectivity index (χ3n) is 3.20. The fourth-order valence-electron chi connectivity index (χ4n) is 2.03. The highest BCUT2D eigenvalue weighted by atomic mass is 19.1. The molecule has 0 amide bonds. The number of aryl methyl sites for hydroxylation is 1. The summed E-state index contributed by atoms with van der Waals surface area (Å²) >= 11 is 0. The van der Waals surface area contributed by atoms with Crippen LogP contribution in [0, 0.1) is 5.82 Å². The van der Waals surface area contributed by atoms with Crippen molar-refractivity contribution in [2.75, 3.05) is 0 Å². The number of rotatable bonds is 4. The van der Waals surface area contributed by atoms with E-state index in [1.165, 1.54) is 12.1 Å². The Hall–Kier alpha value is -2.17. The van der Waals surface area contributed by atoms with Crippen molar-refractivity contribution in [3.63, 3.8) is 0 Å². The minimum absolute atomic E-state index is 0.0457. The molecule has 0 aliphatic rings. The summed E-state index contributed by atoms with van der Waals surface area (Å²) in [6.07, 6.45) is 2.32. The van der Waals surface area contributed by atoms with Crippen LogP contribution in [0.4, 0.5) is 4.39 Å². The van der Waals surface area contributed by atoms with Gasteiger partial charge in [0.15, 0.2) is 0 Å². The number of aromatic nitrogens is 2. The molecule has 2 aromatic rings. The van der Waals surface area contributed by atoms with Crippen LogP contribution in [0.25, 0.3) is 11.3 Å². The zero-order valence-corrected chi connectivity index (χ0v) is 12.4. The van der Waals surface area contributed by atoms with Crippen LogP contribution < -0.4 is 0 Å². The maximum atomic E-state index is 13.0. The first-order valence-corrected chi connectivity index (χ1v) is 6.84. The minimum atomic E-state index is -0.844. The zero-order valence-electron chi connectivity index (χ0n) is 12.4. The van der Waals surface area contributed by atoms with Gasteiger partial charge in [-0.15, -0.1) is 0 Å². The standard InChI is InChI=1S/C16H19FN2O2/c1-16(2,3)19-10-12(6-9-14(20)21)15(18-19)11-4-7-13(17)8-5-11/h4-5,7-8,10H,6,9H2,1-3H3,(H,20,21). The number of carboxylic acids is 1. The number of benzene rings is 1. The molecule has 1 N–H and O–H groups in total. The molecule has 21 heavy (non-hydrogen) atoms. The summed E-state index contributed by atoms with van der Waals surface area (Å²) in [7, 11) is 0. The van der Waals surface area contributed by atoms with Gasteiger partial charge in [-0.2, -0.15) is 5.10 Å². The summed E-state index contributed by atoms with van der Waals surface area (Å²) in [5.41, 5.74) is 2.17. The molecule has 0 spiro atoms. The van der Waals surface area contributed by atoms with E-state index in [0.29, 0.717) is 12.1 Å². The van der Waals surface area contributed by atoms with E-state index < -0.39 is 5.97 Å². The monoisotopic (exact) mass is 290 g/mol. The molecule has 0 aliphatic carbocycles. The summed E-state index contributed by atoms with van der Waals surface area (Å²) in [5.74, 6) is -1.15. The van der Waals surface area contributed by atoms with Gasteiger partial charge in [0.25, 0.3) is 0 Å². The molecular formula is C16H19FN2O2. The van der Waals surface area contributed by atoms with Crippen LogP contribution in [0.2, 0.25) is 0 Å². The highest BCUT2D eigenvalue weighted by Crippen LogP contribution is 2.26. The van der Waals surface area contributed by atoms with Gasteiger partial charge in [0.2, 0.25) is 0 Å². The molecule has 0 unspecified atom stereocenters. The van der Waals surface area contributed by atoms with Crippen molar-refractivity contribution in [3.05, 3.63) is 41.8 Å². The van der Waals surface area contributed by atoms with E-state index in [-0.39, 0.29) is 17.8 Å². The predicted molar refractivity (Wildman–Crippen MR) is 78.6 cm³/mol. The van der Waals surface area contributed by atoms with Crippen LogP contribution in [-0.4, -0.2) is 20.9 Å². The summed E-state index contributed by atoms with van der Waals surface area (Å²) in [6.45, 7) is 6.07. The van der Waals surface area contributed by atoms with Gasteiger partial charge in [0.1, 0.15) is 5.82 Å². The first-order chi connectivity index (χ1) is 9.77. The third-order valence-corrected chi connectivity index (χ3v) is 3.20. The van der Waals surface area contributed by atoms with Crippen molar-refractivity contribution < 1.29 is 14.3 Å². The van der Waals surface area contributed by atoms with Crippen molar-refractivity contribution in [1.29, 1.82) is 0 Å². The van der Waals surface area contributed by atoms with Gasteiger partial charge in [-0.1, -0.05) is 0 Å². The van der Waals surface area contributed by atoms with E-state index in [4.69, 9.17) is 5.11 Å². The lowest BCUT2D eigenvalue weighted by Crippen LogP contribution is -2.22. The Morgan fingerprint density at radius 3 is 2.43 bits per heavy atom. The first-order valence-electron chi connectivity index (χ1n) is 6.84. The van der Waals surface area contributed by atoms with E-state index in [9.17, 15) is 9.18 Å². The van der Waals surface area contributed by atoms with Gasteiger partial charge in [-0.25, -0.2) is 4.39 Å². The van der Waals surface area contributed by atoms with E-state index in [1.807, 2.05) is 31.6 Å². The highest BCUT2D eigenvalue weighted by Gasteiger charge is 2.19. The lowest BCUT2D eigenvalue weighted by atomic mass is 10.0. The van der Waals surface area contributed by atoms with Crippen molar-refractivity contribution in [3.8, 4) is 11.3 Å². The number of carboxylic acid groups (broad SMARTS) is 1. The van der Waals surface area contributed by atoms with Crippen LogP contribution in [0.1, 0.15) is 32.8 Å². The number of halogens is 1. The Morgan fingerprint density at radius 2 is 1.90 bits per heavy atom. The van der Waals surface area contributed by atoms with Crippen molar-refractivity contribution in [1.82, 2.24) is 9.78 Å². The van der Waals surface area contributed by atoms with E-state index in [2.05, 4.69) is 5.10 Å². The van der Waals surface area contributed by atoms with Crippen LogP contribution in [0.3, 0.4) is 0 Å². The fraction of sp³-hybridized carbons (Fsp3) is 0.375. The first kappa shape index (κ1) is 15.2. The Bertz CT molecular complexity index is 639. The highest BCUT2D eigenvalue weighted by molar-refractivity contribution is 5.68. The molecule has 112 valence electrons. The van der Waals surface area contributed by atoms with Crippen LogP contribution in [0.15, 0.2) is 30.5 Å². The van der Waals surface area contributed by atoms with E-state index in [0.717, 1.165) is 11.1 Å². The number of carbonyl (C=O) groups is 1. The lowest BCUT2D eigenvalue weighted by molar-refractivity contribution is -0.136. The SMILES string of the molecule is CC(C)(C)n1cc(CCC(=O)O)c(-c2ccc(F)cc2)n1. The van der Waals surface area contributed by atoms with Crippen molar-refractivity contribution in [2.24, 2.45) is 0 Å². The van der Waals surface area contributed by atoms with Crippen molar-refractivity contribution >= 4 is 5.97 Å². The van der Waals surface area contributed by atoms with E-state index >= 15 is 0 Å². The summed E-state index contributed by atoms with van der Waals surface area (Å²) in [5, 5.41) is 13.4. The van der Waals surface area contributed by atoms with Gasteiger partial charge < -0.3 is 5.11 Å². The maximum absolute atomic E-state index is 13.0. The number of hydrogen-bond donors (Lipinski definition) is 1. The van der Waals surface area contributed by atoms with E-state index in [1.54, 1.807) is 12.1 Å². The molecule has 0 saturated carbocycles. The van der Waals surface area contributed by atoms with Crippen molar-refractivity contribution in [2.45, 2.75) is 39.2 Å². The second kappa shape index (κ2) is 5.68. The Kier molecular flexibility index (Phi) is 4.11. The molecule has 0 bridgehead atoms. The smallest absolute Gasteiger partial charge is 0.303 e. The topological polar surface area (TPSA) is 55.1 Å². The largest absolute Gasteiger partial charge is 0.481 e. The molecule has 1 heterocycles. The van der Waals surface area contributed by atoms with Crippen LogP contribution >= 0.6 is 0 Å². The normalized spacial score (nSPS) is 11.6. The number of nitrogens with zero attached hydrogens (tertiary/aromatic N) is 2. The minimum Gasteiger partial charge on any atom is -0.481 e. The second-order valence-corrected chi connectivity index (χ2v) is 6.02. The van der Waals surface area contributed by atoms with Gasteiger partial charge in [-0.05, 0) is 57.0 Å². The Morgan fingerprint density at radius 1 is 1.29 bits per heavy atom. The van der Waals surface area contributed by atoms with Gasteiger partial charge >= 0.3 is 5.97 Å². The Balaban J connectivity index is 2.43. The predicted octanol–water partition coefficient (Wildman–Crippen LogP) is 3.46. The Labute approximate surface area is 123 Å². The average molecular weight is 290 g/mol. The molecule has 5 heteroatoms. The fourth-order valence-corrected chi connectivity index (χ4v) is 2.03. The molecule has 2 rings (SSSR count). The lowest BCUT2D eigenvalue weighted by Gasteiger charge is -2.18. The molecule has 0 saturated heterocycles. The third kappa shape index (κ3) is 3.68. The molecule has 1 aromatic heterocycles. The molecule has 4 nitrogen and oxygen atoms in total. The number of hydrogen-bond acceptors (Lipinski definition) is 2. The molecular weight excluding hydrogens is 271 g/mol. The van der Waals surface area contributed by atoms with Gasteiger partial charge in [0, 0.05) is 18.2 Å². The average Bonchev–Trinajstić information content (AvgIpc) is 2.81. The second-order valence-electron chi connectivity index (χ2n) is 6.02. The molecule has 0 aliphatic heterocycles. The van der Waals surface area contributed by atoms with Crippen LogP contribution in [-0.2, 0) is 16.8 Å². The summed E-state index contributed by atoms with van der Waals surface area (Å²) in [6, 6.07) is 6.09. The van der Waals surface area contributed by atoms with Gasteiger partial charge in [0.05, 0.1) is 11.2 Å². The quantitative estimate of drug-likeness (QED) is 0.938. The number of aliphatic carboxylic acids is 1. The van der Waals surface area contributed by atoms with Gasteiger partial charge in [-0.3, -0.25) is 9.48 Å². The maximum Gasteiger partial charge on any atom is 0.303 e. The molecule has 0 fully saturated rings. The zero-order chi connectivity index (χ0) is 15.6. The molecule has 0 atom stereocenters. The molecule has 0 radical (unpaired) electrons. The van der Waals surface area contributed by atoms with Crippen LogP contribution in [0.5, 0.6) is 0 Å².